The van der Waals surface area contributed by atoms with Crippen LogP contribution in [-0.2, 0) is 6.54 Å². The molecule has 2 aromatic carbocycles. The van der Waals surface area contributed by atoms with E-state index in [4.69, 9.17) is 10.5 Å². The SMILES string of the molecule is COc1cccc(CNC(=O)N[C@@H](C)c2ccc(-n3cc(C(N)=O)nn3)cc2)c1. The van der Waals surface area contributed by atoms with Crippen molar-refractivity contribution < 1.29 is 14.3 Å². The molecule has 0 saturated heterocycles. The van der Waals surface area contributed by atoms with Crippen molar-refractivity contribution in [3.8, 4) is 11.4 Å². The van der Waals surface area contributed by atoms with Gasteiger partial charge in [0.1, 0.15) is 5.75 Å². The van der Waals surface area contributed by atoms with E-state index in [-0.39, 0.29) is 17.8 Å². The van der Waals surface area contributed by atoms with E-state index in [0.717, 1.165) is 22.6 Å². The van der Waals surface area contributed by atoms with Gasteiger partial charge in [-0.2, -0.15) is 0 Å². The van der Waals surface area contributed by atoms with Gasteiger partial charge in [0.2, 0.25) is 0 Å². The number of nitrogens with two attached hydrogens (primary N) is 1. The van der Waals surface area contributed by atoms with Gasteiger partial charge >= 0.3 is 6.03 Å². The molecule has 0 fully saturated rings. The maximum Gasteiger partial charge on any atom is 0.315 e. The molecular formula is C20H22N6O3. The Labute approximate surface area is 167 Å². The first kappa shape index (κ1) is 19.9. The van der Waals surface area contributed by atoms with Crippen molar-refractivity contribution in [2.24, 2.45) is 5.73 Å². The van der Waals surface area contributed by atoms with Crippen LogP contribution in [0.4, 0.5) is 4.79 Å². The molecule has 1 heterocycles. The van der Waals surface area contributed by atoms with E-state index in [0.29, 0.717) is 6.54 Å². The second-order valence-corrected chi connectivity index (χ2v) is 6.40. The summed E-state index contributed by atoms with van der Waals surface area (Å²) in [4.78, 5) is 23.3. The first-order chi connectivity index (χ1) is 14.0. The molecule has 150 valence electrons. The smallest absolute Gasteiger partial charge is 0.315 e. The molecule has 29 heavy (non-hydrogen) atoms. The average Bonchev–Trinajstić information content (AvgIpc) is 3.23. The van der Waals surface area contributed by atoms with Crippen molar-refractivity contribution in [3.63, 3.8) is 0 Å². The van der Waals surface area contributed by atoms with Gasteiger partial charge in [-0.05, 0) is 42.3 Å². The van der Waals surface area contributed by atoms with E-state index in [2.05, 4.69) is 20.9 Å². The van der Waals surface area contributed by atoms with Gasteiger partial charge in [-0.1, -0.05) is 29.5 Å². The number of amides is 3. The van der Waals surface area contributed by atoms with E-state index in [1.54, 1.807) is 7.11 Å². The number of methoxy groups -OCH3 is 1. The summed E-state index contributed by atoms with van der Waals surface area (Å²) in [5.41, 5.74) is 7.87. The zero-order valence-electron chi connectivity index (χ0n) is 16.1. The summed E-state index contributed by atoms with van der Waals surface area (Å²) in [7, 11) is 1.60. The number of ether oxygens (including phenoxy) is 1. The standard InChI is InChI=1S/C20H22N6O3/c1-13(23-20(28)22-11-14-4-3-5-17(10-14)29-2)15-6-8-16(9-7-15)26-12-18(19(21)27)24-25-26/h3-10,12-13H,11H2,1-2H3,(H2,21,27)(H2,22,23,28)/t13-/m0/s1. The number of benzene rings is 2. The number of hydrogen-bond acceptors (Lipinski definition) is 5. The molecule has 3 amide bonds. The number of carbonyl (C=O) groups is 2. The van der Waals surface area contributed by atoms with Crippen LogP contribution in [0, 0.1) is 0 Å². The van der Waals surface area contributed by atoms with E-state index in [1.807, 2.05) is 55.5 Å². The van der Waals surface area contributed by atoms with Gasteiger partial charge in [-0.25, -0.2) is 9.48 Å². The molecule has 0 saturated carbocycles. The van der Waals surface area contributed by atoms with Gasteiger partial charge in [0.15, 0.2) is 5.69 Å². The lowest BCUT2D eigenvalue weighted by Crippen LogP contribution is -2.36. The Kier molecular flexibility index (Phi) is 6.08. The number of nitrogens with one attached hydrogen (secondary N) is 2. The number of aromatic nitrogens is 3. The monoisotopic (exact) mass is 394 g/mol. The minimum Gasteiger partial charge on any atom is -0.497 e. The van der Waals surface area contributed by atoms with Crippen LogP contribution >= 0.6 is 0 Å². The quantitative estimate of drug-likeness (QED) is 0.565. The van der Waals surface area contributed by atoms with E-state index in [9.17, 15) is 9.59 Å². The predicted molar refractivity (Wildman–Crippen MR) is 107 cm³/mol. The molecule has 1 atom stereocenters. The fourth-order valence-corrected chi connectivity index (χ4v) is 2.71. The predicted octanol–water partition coefficient (Wildman–Crippen LogP) is 1.94. The van der Waals surface area contributed by atoms with Crippen LogP contribution in [0.5, 0.6) is 5.75 Å². The number of rotatable bonds is 7. The largest absolute Gasteiger partial charge is 0.497 e. The van der Waals surface area contributed by atoms with E-state index in [1.165, 1.54) is 10.9 Å². The highest BCUT2D eigenvalue weighted by atomic mass is 16.5. The van der Waals surface area contributed by atoms with Gasteiger partial charge in [-0.3, -0.25) is 4.79 Å². The van der Waals surface area contributed by atoms with Crippen LogP contribution in [0.15, 0.2) is 54.7 Å². The van der Waals surface area contributed by atoms with Crippen molar-refractivity contribution in [3.05, 3.63) is 71.5 Å². The molecule has 3 rings (SSSR count). The van der Waals surface area contributed by atoms with Gasteiger partial charge in [-0.15, -0.1) is 5.10 Å². The highest BCUT2D eigenvalue weighted by molar-refractivity contribution is 5.90. The Hall–Kier alpha value is -3.88. The summed E-state index contributed by atoms with van der Waals surface area (Å²) in [6, 6.07) is 14.4. The molecule has 0 bridgehead atoms. The molecule has 4 N–H and O–H groups in total. The average molecular weight is 394 g/mol. The molecule has 0 aliphatic carbocycles. The van der Waals surface area contributed by atoms with Gasteiger partial charge in [0.25, 0.3) is 5.91 Å². The number of hydrogen-bond donors (Lipinski definition) is 3. The number of urea groups is 1. The molecule has 0 aliphatic rings. The highest BCUT2D eigenvalue weighted by Crippen LogP contribution is 2.16. The van der Waals surface area contributed by atoms with Crippen molar-refractivity contribution in [2.45, 2.75) is 19.5 Å². The van der Waals surface area contributed by atoms with Crippen molar-refractivity contribution in [2.75, 3.05) is 7.11 Å². The number of carbonyl (C=O) groups excluding carboxylic acids is 2. The summed E-state index contributed by atoms with van der Waals surface area (Å²) in [6.45, 7) is 2.28. The van der Waals surface area contributed by atoms with Crippen LogP contribution in [-0.4, -0.2) is 34.0 Å². The van der Waals surface area contributed by atoms with Crippen LogP contribution in [0.1, 0.15) is 34.6 Å². The first-order valence-corrected chi connectivity index (χ1v) is 8.96. The molecule has 0 unspecified atom stereocenters. The van der Waals surface area contributed by atoms with E-state index < -0.39 is 5.91 Å². The maximum absolute atomic E-state index is 12.2. The number of primary amides is 1. The molecule has 3 aromatic rings. The van der Waals surface area contributed by atoms with E-state index >= 15 is 0 Å². The minimum absolute atomic E-state index is 0.0943. The molecule has 0 aliphatic heterocycles. The summed E-state index contributed by atoms with van der Waals surface area (Å²) < 4.78 is 6.64. The Balaban J connectivity index is 1.56. The third-order valence-electron chi connectivity index (χ3n) is 4.34. The lowest BCUT2D eigenvalue weighted by Gasteiger charge is -2.16. The van der Waals surface area contributed by atoms with Crippen LogP contribution in [0.3, 0.4) is 0 Å². The second kappa shape index (κ2) is 8.87. The minimum atomic E-state index is -0.634. The third-order valence-corrected chi connectivity index (χ3v) is 4.34. The highest BCUT2D eigenvalue weighted by Gasteiger charge is 2.11. The summed E-state index contributed by atoms with van der Waals surface area (Å²) >= 11 is 0. The first-order valence-electron chi connectivity index (χ1n) is 8.96. The molecule has 9 nitrogen and oxygen atoms in total. The molecule has 0 spiro atoms. The normalized spacial score (nSPS) is 11.5. The Morgan fingerprint density at radius 2 is 1.97 bits per heavy atom. The van der Waals surface area contributed by atoms with Crippen LogP contribution < -0.4 is 21.1 Å². The van der Waals surface area contributed by atoms with Gasteiger partial charge in [0.05, 0.1) is 25.0 Å². The van der Waals surface area contributed by atoms with Crippen molar-refractivity contribution in [1.82, 2.24) is 25.6 Å². The number of nitrogens with zero attached hydrogens (tertiary/aromatic N) is 3. The van der Waals surface area contributed by atoms with Gasteiger partial charge in [0, 0.05) is 6.54 Å². The second-order valence-electron chi connectivity index (χ2n) is 6.40. The summed E-state index contributed by atoms with van der Waals surface area (Å²) in [6.07, 6.45) is 1.46. The lowest BCUT2D eigenvalue weighted by atomic mass is 10.1. The fraction of sp³-hybridized carbons (Fsp3) is 0.200. The maximum atomic E-state index is 12.2. The lowest BCUT2D eigenvalue weighted by molar-refractivity contribution is 0.0995. The van der Waals surface area contributed by atoms with Crippen molar-refractivity contribution in [1.29, 1.82) is 0 Å². The zero-order chi connectivity index (χ0) is 20.8. The van der Waals surface area contributed by atoms with Crippen molar-refractivity contribution >= 4 is 11.9 Å². The third kappa shape index (κ3) is 5.10. The Morgan fingerprint density at radius 1 is 1.21 bits per heavy atom. The van der Waals surface area contributed by atoms with Crippen LogP contribution in [0.25, 0.3) is 5.69 Å². The van der Waals surface area contributed by atoms with Crippen LogP contribution in [0.2, 0.25) is 0 Å². The summed E-state index contributed by atoms with van der Waals surface area (Å²) in [5.74, 6) is 0.110. The Bertz CT molecular complexity index is 999. The fourth-order valence-electron chi connectivity index (χ4n) is 2.71. The summed E-state index contributed by atoms with van der Waals surface area (Å²) in [5, 5.41) is 13.3. The molecule has 9 heteroatoms. The molecular weight excluding hydrogens is 372 g/mol. The van der Waals surface area contributed by atoms with Gasteiger partial charge < -0.3 is 21.1 Å². The molecule has 0 radical (unpaired) electrons. The molecule has 1 aromatic heterocycles. The Morgan fingerprint density at radius 3 is 2.62 bits per heavy atom. The topological polar surface area (TPSA) is 124 Å². The zero-order valence-corrected chi connectivity index (χ0v) is 16.1.